The van der Waals surface area contributed by atoms with E-state index in [0.717, 1.165) is 30.3 Å². The van der Waals surface area contributed by atoms with Crippen LogP contribution in [-0.2, 0) is 12.8 Å². The van der Waals surface area contributed by atoms with Crippen LogP contribution >= 0.6 is 0 Å². The van der Waals surface area contributed by atoms with E-state index in [9.17, 15) is 22.0 Å². The van der Waals surface area contributed by atoms with Gasteiger partial charge in [0, 0.05) is 24.0 Å². The summed E-state index contributed by atoms with van der Waals surface area (Å²) in [6, 6.07) is 4.44. The first-order valence-electron chi connectivity index (χ1n) is 6.45. The van der Waals surface area contributed by atoms with Crippen LogP contribution in [0.3, 0.4) is 0 Å². The molecule has 0 spiro atoms. The van der Waals surface area contributed by atoms with E-state index in [1.165, 1.54) is 16.8 Å². The average molecular weight is 328 g/mol. The molecule has 8 heteroatoms. The number of imidazole rings is 1. The molecule has 0 unspecified atom stereocenters. The molecule has 0 saturated carbocycles. The van der Waals surface area contributed by atoms with E-state index >= 15 is 0 Å². The maximum absolute atomic E-state index is 13.5. The van der Waals surface area contributed by atoms with E-state index in [1.54, 1.807) is 0 Å². The number of ether oxygens (including phenoxy) is 1. The molecule has 3 aromatic rings. The normalized spacial score (nSPS) is 11.9. The molecule has 23 heavy (non-hydrogen) atoms. The summed E-state index contributed by atoms with van der Waals surface area (Å²) in [7, 11) is 0. The molecule has 2 aromatic heterocycles. The molecule has 3 nitrogen and oxygen atoms in total. The van der Waals surface area contributed by atoms with Gasteiger partial charge < -0.3 is 4.74 Å². The Morgan fingerprint density at radius 3 is 2.61 bits per heavy atom. The van der Waals surface area contributed by atoms with Gasteiger partial charge in [0.05, 0.1) is 5.56 Å². The molecule has 0 saturated heterocycles. The predicted molar refractivity (Wildman–Crippen MR) is 70.9 cm³/mol. The second-order valence-corrected chi connectivity index (χ2v) is 4.76. The van der Waals surface area contributed by atoms with E-state index in [2.05, 4.69) is 4.98 Å². The van der Waals surface area contributed by atoms with Crippen LogP contribution in [0.2, 0.25) is 0 Å². The predicted octanol–water partition coefficient (Wildman–Crippen LogP) is 4.21. The molecule has 0 fully saturated rings. The fourth-order valence-electron chi connectivity index (χ4n) is 2.07. The molecule has 0 N–H and O–H groups in total. The van der Waals surface area contributed by atoms with Crippen molar-refractivity contribution in [1.29, 1.82) is 0 Å². The van der Waals surface area contributed by atoms with Crippen LogP contribution in [-0.4, -0.2) is 9.38 Å². The van der Waals surface area contributed by atoms with E-state index in [0.29, 0.717) is 0 Å². The van der Waals surface area contributed by atoms with Crippen molar-refractivity contribution in [3.05, 3.63) is 65.5 Å². The van der Waals surface area contributed by atoms with Crippen LogP contribution in [0.1, 0.15) is 11.1 Å². The lowest BCUT2D eigenvalue weighted by Crippen LogP contribution is -2.08. The van der Waals surface area contributed by atoms with Gasteiger partial charge >= 0.3 is 6.18 Å². The van der Waals surface area contributed by atoms with Gasteiger partial charge in [-0.2, -0.15) is 13.2 Å². The molecular weight excluding hydrogens is 319 g/mol. The lowest BCUT2D eigenvalue weighted by Gasteiger charge is -2.13. The maximum Gasteiger partial charge on any atom is 0.416 e. The minimum atomic E-state index is -4.57. The SMILES string of the molecule is Fc1ccc(F)c(COc2cc(C(F)(F)F)cc3nccn23)c1. The zero-order valence-electron chi connectivity index (χ0n) is 11.4. The minimum absolute atomic E-state index is 0.0366. The quantitative estimate of drug-likeness (QED) is 0.673. The molecule has 0 aliphatic rings. The monoisotopic (exact) mass is 328 g/mol. The minimum Gasteiger partial charge on any atom is -0.474 e. The Balaban J connectivity index is 1.96. The lowest BCUT2D eigenvalue weighted by atomic mass is 10.2. The van der Waals surface area contributed by atoms with Crippen molar-refractivity contribution in [2.75, 3.05) is 0 Å². The smallest absolute Gasteiger partial charge is 0.416 e. The maximum atomic E-state index is 13.5. The highest BCUT2D eigenvalue weighted by Gasteiger charge is 2.32. The third kappa shape index (κ3) is 3.10. The summed E-state index contributed by atoms with van der Waals surface area (Å²) in [6.45, 7) is -0.418. The van der Waals surface area contributed by atoms with E-state index in [4.69, 9.17) is 4.74 Å². The largest absolute Gasteiger partial charge is 0.474 e. The number of halogens is 5. The van der Waals surface area contributed by atoms with Crippen molar-refractivity contribution in [3.63, 3.8) is 0 Å². The summed E-state index contributed by atoms with van der Waals surface area (Å²) in [4.78, 5) is 3.79. The van der Waals surface area contributed by atoms with Gasteiger partial charge in [0.15, 0.2) is 5.88 Å². The molecule has 0 aliphatic carbocycles. The molecule has 120 valence electrons. The van der Waals surface area contributed by atoms with Crippen LogP contribution in [0.15, 0.2) is 42.7 Å². The second kappa shape index (κ2) is 5.53. The number of fused-ring (bicyclic) bond motifs is 1. The number of aromatic nitrogens is 2. The summed E-state index contributed by atoms with van der Waals surface area (Å²) in [5.41, 5.74) is -1.00. The molecule has 0 radical (unpaired) electrons. The van der Waals surface area contributed by atoms with Gasteiger partial charge in [-0.25, -0.2) is 13.8 Å². The van der Waals surface area contributed by atoms with E-state index in [1.807, 2.05) is 0 Å². The van der Waals surface area contributed by atoms with Crippen molar-refractivity contribution in [3.8, 4) is 5.88 Å². The Bertz CT molecular complexity index is 857. The summed E-state index contributed by atoms with van der Waals surface area (Å²) >= 11 is 0. The summed E-state index contributed by atoms with van der Waals surface area (Å²) in [5, 5.41) is 0. The molecule has 0 bridgehead atoms. The van der Waals surface area contributed by atoms with Crippen molar-refractivity contribution in [2.24, 2.45) is 0 Å². The van der Waals surface area contributed by atoms with Crippen LogP contribution in [0, 0.1) is 11.6 Å². The van der Waals surface area contributed by atoms with Gasteiger partial charge in [0.2, 0.25) is 0 Å². The molecule has 2 heterocycles. The fraction of sp³-hybridized carbons (Fsp3) is 0.133. The summed E-state index contributed by atoms with van der Waals surface area (Å²) in [6.07, 6.45) is -1.85. The first kappa shape index (κ1) is 15.3. The third-order valence-electron chi connectivity index (χ3n) is 3.18. The molecule has 0 aliphatic heterocycles. The fourth-order valence-corrected chi connectivity index (χ4v) is 2.07. The van der Waals surface area contributed by atoms with Crippen LogP contribution in [0.4, 0.5) is 22.0 Å². The number of nitrogens with zero attached hydrogens (tertiary/aromatic N) is 2. The van der Waals surface area contributed by atoms with Crippen molar-refractivity contribution < 1.29 is 26.7 Å². The highest BCUT2D eigenvalue weighted by atomic mass is 19.4. The second-order valence-electron chi connectivity index (χ2n) is 4.76. The van der Waals surface area contributed by atoms with Crippen LogP contribution in [0.5, 0.6) is 5.88 Å². The number of alkyl halides is 3. The Hall–Kier alpha value is -2.64. The molecule has 0 amide bonds. The number of hydrogen-bond acceptors (Lipinski definition) is 2. The Morgan fingerprint density at radius 2 is 1.87 bits per heavy atom. The van der Waals surface area contributed by atoms with Gasteiger partial charge in [0.1, 0.15) is 23.9 Å². The van der Waals surface area contributed by atoms with Gasteiger partial charge in [-0.05, 0) is 24.3 Å². The third-order valence-corrected chi connectivity index (χ3v) is 3.18. The zero-order chi connectivity index (χ0) is 16.6. The topological polar surface area (TPSA) is 26.5 Å². The first-order chi connectivity index (χ1) is 10.8. The van der Waals surface area contributed by atoms with Gasteiger partial charge in [0.25, 0.3) is 0 Å². The molecule has 1 aromatic carbocycles. The summed E-state index contributed by atoms with van der Waals surface area (Å²) in [5.74, 6) is -1.54. The Morgan fingerprint density at radius 1 is 1.09 bits per heavy atom. The van der Waals surface area contributed by atoms with Gasteiger partial charge in [-0.3, -0.25) is 4.40 Å². The Labute approximate surface area is 126 Å². The highest BCUT2D eigenvalue weighted by molar-refractivity contribution is 5.46. The lowest BCUT2D eigenvalue weighted by molar-refractivity contribution is -0.137. The van der Waals surface area contributed by atoms with Crippen LogP contribution < -0.4 is 4.74 Å². The van der Waals surface area contributed by atoms with Gasteiger partial charge in [-0.1, -0.05) is 0 Å². The highest BCUT2D eigenvalue weighted by Crippen LogP contribution is 2.32. The molecule has 0 atom stereocenters. The Kier molecular flexibility index (Phi) is 3.67. The average Bonchev–Trinajstić information content (AvgIpc) is 2.95. The van der Waals surface area contributed by atoms with Crippen molar-refractivity contribution in [1.82, 2.24) is 9.38 Å². The zero-order valence-corrected chi connectivity index (χ0v) is 11.4. The number of rotatable bonds is 3. The summed E-state index contributed by atoms with van der Waals surface area (Å²) < 4.78 is 71.8. The standard InChI is InChI=1S/C15H9F5N2O/c16-11-1-2-12(17)9(5-11)8-23-14-7-10(15(18,19)20)6-13-21-3-4-22(13)14/h1-7H,8H2. The molecule has 3 rings (SSSR count). The first-order valence-corrected chi connectivity index (χ1v) is 6.45. The van der Waals surface area contributed by atoms with Crippen molar-refractivity contribution in [2.45, 2.75) is 12.8 Å². The number of hydrogen-bond donors (Lipinski definition) is 0. The number of benzene rings is 1. The van der Waals surface area contributed by atoms with E-state index < -0.39 is 30.0 Å². The van der Waals surface area contributed by atoms with E-state index in [-0.39, 0.29) is 17.1 Å². The number of pyridine rings is 1. The van der Waals surface area contributed by atoms with Crippen molar-refractivity contribution >= 4 is 5.65 Å². The van der Waals surface area contributed by atoms with Gasteiger partial charge in [-0.15, -0.1) is 0 Å². The molecular formula is C15H9F5N2O. The van der Waals surface area contributed by atoms with Crippen LogP contribution in [0.25, 0.3) is 5.65 Å².